The van der Waals surface area contributed by atoms with Crippen LogP contribution in [0.2, 0.25) is 0 Å². The second-order valence-electron chi connectivity index (χ2n) is 5.72. The van der Waals surface area contributed by atoms with Crippen LogP contribution >= 0.6 is 11.8 Å². The maximum absolute atomic E-state index is 12.3. The second-order valence-corrected chi connectivity index (χ2v) is 8.50. The molecule has 2 amide bonds. The number of thioether (sulfide) groups is 1. The third-order valence-electron chi connectivity index (χ3n) is 3.54. The minimum Gasteiger partial charge on any atom is -0.369 e. The van der Waals surface area contributed by atoms with E-state index in [1.165, 1.54) is 23.9 Å². The molecule has 0 atom stereocenters. The summed E-state index contributed by atoms with van der Waals surface area (Å²) in [5.41, 5.74) is 6.51. The SMILES string of the molecule is Cc1ccc(S(=O)(=O)NCCNC(=O)c2ccccc2SCC(N)=O)cc1. The molecule has 2 aromatic rings. The molecule has 7 nitrogen and oxygen atoms in total. The Kier molecular flexibility index (Phi) is 7.40. The average Bonchev–Trinajstić information content (AvgIpc) is 2.64. The fourth-order valence-corrected chi connectivity index (χ4v) is 4.01. The van der Waals surface area contributed by atoms with Crippen LogP contribution in [-0.4, -0.2) is 39.1 Å². The van der Waals surface area contributed by atoms with Crippen molar-refractivity contribution in [3.05, 3.63) is 59.7 Å². The smallest absolute Gasteiger partial charge is 0.252 e. The Balaban J connectivity index is 1.89. The lowest BCUT2D eigenvalue weighted by Gasteiger charge is -2.10. The summed E-state index contributed by atoms with van der Waals surface area (Å²) < 4.78 is 26.8. The minimum absolute atomic E-state index is 0.0541. The van der Waals surface area contributed by atoms with Gasteiger partial charge in [0.1, 0.15) is 0 Å². The number of nitrogens with one attached hydrogen (secondary N) is 2. The van der Waals surface area contributed by atoms with Crippen LogP contribution in [0.15, 0.2) is 58.3 Å². The Morgan fingerprint density at radius 2 is 1.70 bits per heavy atom. The average molecular weight is 408 g/mol. The molecule has 27 heavy (non-hydrogen) atoms. The van der Waals surface area contributed by atoms with Gasteiger partial charge in [0.25, 0.3) is 5.91 Å². The van der Waals surface area contributed by atoms with Gasteiger partial charge in [-0.15, -0.1) is 11.8 Å². The lowest BCUT2D eigenvalue weighted by Crippen LogP contribution is -2.34. The van der Waals surface area contributed by atoms with E-state index in [0.29, 0.717) is 10.5 Å². The maximum atomic E-state index is 12.3. The van der Waals surface area contributed by atoms with Gasteiger partial charge >= 0.3 is 0 Å². The van der Waals surface area contributed by atoms with E-state index in [-0.39, 0.29) is 29.6 Å². The molecular weight excluding hydrogens is 386 g/mol. The molecule has 0 bridgehead atoms. The lowest BCUT2D eigenvalue weighted by molar-refractivity contribution is -0.115. The van der Waals surface area contributed by atoms with Crippen molar-refractivity contribution >= 4 is 33.6 Å². The first kappa shape index (κ1) is 20.9. The van der Waals surface area contributed by atoms with Crippen molar-refractivity contribution in [2.24, 2.45) is 5.73 Å². The molecule has 2 aromatic carbocycles. The van der Waals surface area contributed by atoms with Gasteiger partial charge in [-0.05, 0) is 31.2 Å². The standard InChI is InChI=1S/C18H21N3O4S2/c1-13-6-8-14(9-7-13)27(24,25)21-11-10-20-18(23)15-4-2-3-5-16(15)26-12-17(19)22/h2-9,21H,10-12H2,1H3,(H2,19,22)(H,20,23). The Morgan fingerprint density at radius 3 is 2.37 bits per heavy atom. The highest BCUT2D eigenvalue weighted by Crippen LogP contribution is 2.22. The van der Waals surface area contributed by atoms with E-state index >= 15 is 0 Å². The summed E-state index contributed by atoms with van der Waals surface area (Å²) in [5.74, 6) is -0.751. The number of nitrogens with two attached hydrogens (primary N) is 1. The number of aryl methyl sites for hydroxylation is 1. The van der Waals surface area contributed by atoms with Crippen molar-refractivity contribution in [3.8, 4) is 0 Å². The summed E-state index contributed by atoms with van der Waals surface area (Å²) in [4.78, 5) is 24.1. The number of benzene rings is 2. The van der Waals surface area contributed by atoms with Gasteiger partial charge in [0, 0.05) is 18.0 Å². The fourth-order valence-electron chi connectivity index (χ4n) is 2.19. The van der Waals surface area contributed by atoms with E-state index in [1.54, 1.807) is 36.4 Å². The topological polar surface area (TPSA) is 118 Å². The first-order valence-corrected chi connectivity index (χ1v) is 10.6. The van der Waals surface area contributed by atoms with Gasteiger partial charge in [-0.1, -0.05) is 29.8 Å². The quantitative estimate of drug-likeness (QED) is 0.427. The molecule has 0 saturated heterocycles. The molecule has 0 fully saturated rings. The van der Waals surface area contributed by atoms with E-state index in [0.717, 1.165) is 5.56 Å². The Morgan fingerprint density at radius 1 is 1.04 bits per heavy atom. The van der Waals surface area contributed by atoms with Crippen LogP contribution in [0.1, 0.15) is 15.9 Å². The number of primary amides is 1. The summed E-state index contributed by atoms with van der Waals surface area (Å²) in [5, 5.41) is 2.66. The molecule has 4 N–H and O–H groups in total. The van der Waals surface area contributed by atoms with E-state index in [4.69, 9.17) is 5.73 Å². The first-order valence-electron chi connectivity index (χ1n) is 8.14. The fraction of sp³-hybridized carbons (Fsp3) is 0.222. The highest BCUT2D eigenvalue weighted by molar-refractivity contribution is 8.00. The molecule has 2 rings (SSSR count). The predicted molar refractivity (Wildman–Crippen MR) is 105 cm³/mol. The second kappa shape index (κ2) is 9.54. The normalized spacial score (nSPS) is 11.1. The number of rotatable bonds is 9. The van der Waals surface area contributed by atoms with Crippen molar-refractivity contribution in [2.45, 2.75) is 16.7 Å². The number of sulfonamides is 1. The van der Waals surface area contributed by atoms with Gasteiger partial charge in [0.2, 0.25) is 15.9 Å². The molecule has 0 aromatic heterocycles. The third kappa shape index (κ3) is 6.38. The van der Waals surface area contributed by atoms with E-state index in [1.807, 2.05) is 6.92 Å². The molecule has 0 aliphatic rings. The largest absolute Gasteiger partial charge is 0.369 e. The number of hydrogen-bond acceptors (Lipinski definition) is 5. The van der Waals surface area contributed by atoms with Crippen LogP contribution in [0.5, 0.6) is 0 Å². The lowest BCUT2D eigenvalue weighted by atomic mass is 10.2. The highest BCUT2D eigenvalue weighted by atomic mass is 32.2. The highest BCUT2D eigenvalue weighted by Gasteiger charge is 2.14. The van der Waals surface area contributed by atoms with E-state index < -0.39 is 15.9 Å². The molecule has 0 radical (unpaired) electrons. The van der Waals surface area contributed by atoms with Crippen molar-refractivity contribution in [3.63, 3.8) is 0 Å². The van der Waals surface area contributed by atoms with Crippen molar-refractivity contribution < 1.29 is 18.0 Å². The summed E-state index contributed by atoms with van der Waals surface area (Å²) in [6.07, 6.45) is 0. The molecule has 9 heteroatoms. The van der Waals surface area contributed by atoms with Crippen molar-refractivity contribution in [2.75, 3.05) is 18.8 Å². The van der Waals surface area contributed by atoms with Crippen LogP contribution in [0, 0.1) is 6.92 Å². The van der Waals surface area contributed by atoms with Gasteiger partial charge in [0.15, 0.2) is 0 Å². The Hall–Kier alpha value is -2.36. The van der Waals surface area contributed by atoms with Crippen LogP contribution in [0.4, 0.5) is 0 Å². The van der Waals surface area contributed by atoms with Crippen LogP contribution in [0.25, 0.3) is 0 Å². The molecule has 0 heterocycles. The number of carbonyl (C=O) groups excluding carboxylic acids is 2. The van der Waals surface area contributed by atoms with Gasteiger partial charge < -0.3 is 11.1 Å². The molecule has 0 unspecified atom stereocenters. The zero-order valence-electron chi connectivity index (χ0n) is 14.8. The van der Waals surface area contributed by atoms with Gasteiger partial charge in [-0.2, -0.15) is 0 Å². The van der Waals surface area contributed by atoms with E-state index in [9.17, 15) is 18.0 Å². The summed E-state index contributed by atoms with van der Waals surface area (Å²) >= 11 is 1.18. The number of hydrogen-bond donors (Lipinski definition) is 3. The summed E-state index contributed by atoms with van der Waals surface area (Å²) in [6, 6.07) is 13.3. The molecule has 0 saturated carbocycles. The molecular formula is C18H21N3O4S2. The molecule has 0 aliphatic carbocycles. The molecule has 0 spiro atoms. The zero-order valence-corrected chi connectivity index (χ0v) is 16.4. The van der Waals surface area contributed by atoms with Crippen LogP contribution in [0.3, 0.4) is 0 Å². The minimum atomic E-state index is -3.62. The van der Waals surface area contributed by atoms with Gasteiger partial charge in [-0.3, -0.25) is 9.59 Å². The van der Waals surface area contributed by atoms with Crippen LogP contribution in [-0.2, 0) is 14.8 Å². The molecule has 0 aliphatic heterocycles. The van der Waals surface area contributed by atoms with Crippen LogP contribution < -0.4 is 15.8 Å². The van der Waals surface area contributed by atoms with Crippen molar-refractivity contribution in [1.29, 1.82) is 0 Å². The maximum Gasteiger partial charge on any atom is 0.252 e. The molecule has 144 valence electrons. The Bertz CT molecular complexity index is 912. The summed E-state index contributed by atoms with van der Waals surface area (Å²) in [7, 11) is -3.62. The predicted octanol–water partition coefficient (Wildman–Crippen LogP) is 1.28. The number of amides is 2. The van der Waals surface area contributed by atoms with Gasteiger partial charge in [-0.25, -0.2) is 13.1 Å². The zero-order chi connectivity index (χ0) is 19.9. The Labute approximate surface area is 162 Å². The van der Waals surface area contributed by atoms with Crippen molar-refractivity contribution in [1.82, 2.24) is 10.0 Å². The third-order valence-corrected chi connectivity index (χ3v) is 6.11. The summed E-state index contributed by atoms with van der Waals surface area (Å²) in [6.45, 7) is 2.05. The van der Waals surface area contributed by atoms with E-state index in [2.05, 4.69) is 10.0 Å². The van der Waals surface area contributed by atoms with Gasteiger partial charge in [0.05, 0.1) is 16.2 Å². The monoisotopic (exact) mass is 407 g/mol. The first-order chi connectivity index (χ1) is 12.8. The number of carbonyl (C=O) groups is 2.